The van der Waals surface area contributed by atoms with Crippen LogP contribution < -0.4 is 0 Å². The second-order valence-electron chi connectivity index (χ2n) is 6.49. The van der Waals surface area contributed by atoms with Crippen molar-refractivity contribution in [2.24, 2.45) is 5.92 Å². The molecule has 2 aromatic rings. The highest BCUT2D eigenvalue weighted by molar-refractivity contribution is 9.10. The third kappa shape index (κ3) is 4.04. The van der Waals surface area contributed by atoms with Crippen LogP contribution in [0.2, 0.25) is 0 Å². The van der Waals surface area contributed by atoms with Gasteiger partial charge in [-0.15, -0.1) is 0 Å². The van der Waals surface area contributed by atoms with Gasteiger partial charge in [0.25, 0.3) is 0 Å². The first-order valence-electron chi connectivity index (χ1n) is 8.71. The molecule has 3 nitrogen and oxygen atoms in total. The number of halogens is 1. The highest BCUT2D eigenvalue weighted by atomic mass is 79.9. The van der Waals surface area contributed by atoms with Crippen LogP contribution in [0, 0.1) is 5.92 Å². The predicted octanol–water partition coefficient (Wildman–Crippen LogP) is 4.82. The number of nitrogens with zero attached hydrogens (tertiary/aromatic N) is 2. The van der Waals surface area contributed by atoms with Crippen LogP contribution in [0.5, 0.6) is 0 Å². The van der Waals surface area contributed by atoms with E-state index >= 15 is 0 Å². The van der Waals surface area contributed by atoms with E-state index in [-0.39, 0.29) is 6.61 Å². The van der Waals surface area contributed by atoms with Gasteiger partial charge in [-0.25, -0.2) is 0 Å². The molecule has 0 bridgehead atoms. The van der Waals surface area contributed by atoms with E-state index in [1.165, 1.54) is 37.8 Å². The summed E-state index contributed by atoms with van der Waals surface area (Å²) in [4.78, 5) is 0. The molecule has 0 saturated heterocycles. The minimum Gasteiger partial charge on any atom is -0.396 e. The summed E-state index contributed by atoms with van der Waals surface area (Å²) >= 11 is 3.77. The summed E-state index contributed by atoms with van der Waals surface area (Å²) in [6.45, 7) is 1.23. The summed E-state index contributed by atoms with van der Waals surface area (Å²) in [7, 11) is 0. The molecule has 124 valence electrons. The van der Waals surface area contributed by atoms with Crippen molar-refractivity contribution in [2.75, 3.05) is 6.61 Å². The highest BCUT2D eigenvalue weighted by Crippen LogP contribution is 2.33. The van der Waals surface area contributed by atoms with Gasteiger partial charge in [-0.05, 0) is 47.5 Å². The van der Waals surface area contributed by atoms with Gasteiger partial charge in [0.2, 0.25) is 0 Å². The Bertz CT molecular complexity index is 618. The van der Waals surface area contributed by atoms with Crippen LogP contribution in [-0.2, 0) is 13.0 Å². The van der Waals surface area contributed by atoms with Crippen molar-refractivity contribution < 1.29 is 5.11 Å². The van der Waals surface area contributed by atoms with Gasteiger partial charge in [0.1, 0.15) is 5.69 Å². The second-order valence-corrected chi connectivity index (χ2v) is 7.28. The second kappa shape index (κ2) is 8.11. The lowest BCUT2D eigenvalue weighted by Gasteiger charge is -2.22. The molecule has 0 aliphatic heterocycles. The van der Waals surface area contributed by atoms with E-state index in [0.717, 1.165) is 41.0 Å². The summed E-state index contributed by atoms with van der Waals surface area (Å²) in [5.74, 6) is 0.743. The molecule has 0 atom stereocenters. The lowest BCUT2D eigenvalue weighted by atomic mass is 9.89. The van der Waals surface area contributed by atoms with E-state index in [9.17, 15) is 5.11 Å². The third-order valence-corrected chi connectivity index (χ3v) is 5.60. The van der Waals surface area contributed by atoms with Gasteiger partial charge in [-0.1, -0.05) is 49.6 Å². The van der Waals surface area contributed by atoms with Crippen molar-refractivity contribution in [3.8, 4) is 11.3 Å². The first-order valence-corrected chi connectivity index (χ1v) is 9.50. The maximum Gasteiger partial charge on any atom is 0.107 e. The maximum absolute atomic E-state index is 9.21. The molecule has 1 heterocycles. The van der Waals surface area contributed by atoms with Crippen molar-refractivity contribution in [2.45, 2.75) is 51.5 Å². The number of rotatable bonds is 6. The first-order chi connectivity index (χ1) is 11.3. The molecule has 23 heavy (non-hydrogen) atoms. The fourth-order valence-corrected chi connectivity index (χ4v) is 4.22. The SMILES string of the molecule is OCCCc1c(Br)c(-c2ccccc2)nn1CC1CCCCC1. The summed E-state index contributed by atoms with van der Waals surface area (Å²) in [5.41, 5.74) is 3.39. The zero-order chi connectivity index (χ0) is 16.1. The van der Waals surface area contributed by atoms with Crippen LogP contribution in [0.3, 0.4) is 0 Å². The molecule has 1 aliphatic rings. The van der Waals surface area contributed by atoms with Gasteiger partial charge in [0.05, 0.1) is 10.2 Å². The number of aliphatic hydroxyl groups is 1. The van der Waals surface area contributed by atoms with Crippen molar-refractivity contribution >= 4 is 15.9 Å². The zero-order valence-corrected chi connectivity index (χ0v) is 15.1. The molecule has 1 aliphatic carbocycles. The fourth-order valence-electron chi connectivity index (χ4n) is 3.51. The minimum absolute atomic E-state index is 0.224. The van der Waals surface area contributed by atoms with Crippen molar-refractivity contribution in [1.29, 1.82) is 0 Å². The Kier molecular flexibility index (Phi) is 5.90. The quantitative estimate of drug-likeness (QED) is 0.784. The van der Waals surface area contributed by atoms with E-state index in [4.69, 9.17) is 5.10 Å². The topological polar surface area (TPSA) is 38.1 Å². The molecule has 1 N–H and O–H groups in total. The number of aliphatic hydroxyl groups excluding tert-OH is 1. The molecule has 0 unspecified atom stereocenters. The van der Waals surface area contributed by atoms with E-state index in [1.54, 1.807) is 0 Å². The molecular formula is C19H25BrN2O. The van der Waals surface area contributed by atoms with Crippen LogP contribution >= 0.6 is 15.9 Å². The molecule has 4 heteroatoms. The van der Waals surface area contributed by atoms with Crippen molar-refractivity contribution in [1.82, 2.24) is 9.78 Å². The van der Waals surface area contributed by atoms with Gasteiger partial charge in [0, 0.05) is 18.7 Å². The van der Waals surface area contributed by atoms with E-state index in [1.807, 2.05) is 6.07 Å². The fraction of sp³-hybridized carbons (Fsp3) is 0.526. The van der Waals surface area contributed by atoms with Gasteiger partial charge >= 0.3 is 0 Å². The lowest BCUT2D eigenvalue weighted by molar-refractivity contribution is 0.282. The van der Waals surface area contributed by atoms with Crippen LogP contribution in [0.25, 0.3) is 11.3 Å². The first kappa shape index (κ1) is 16.7. The summed E-state index contributed by atoms with van der Waals surface area (Å²) < 4.78 is 3.28. The Morgan fingerprint density at radius 1 is 1.13 bits per heavy atom. The van der Waals surface area contributed by atoms with Crippen LogP contribution in [0.4, 0.5) is 0 Å². The standard InChI is InChI=1S/C19H25BrN2O/c20-18-17(12-7-13-23)22(14-15-8-3-1-4-9-15)21-19(18)16-10-5-2-6-11-16/h2,5-6,10-11,15,23H,1,3-4,7-9,12-14H2. The number of hydrogen-bond acceptors (Lipinski definition) is 2. The zero-order valence-electron chi connectivity index (χ0n) is 13.5. The smallest absolute Gasteiger partial charge is 0.107 e. The van der Waals surface area contributed by atoms with Crippen LogP contribution in [-0.4, -0.2) is 21.5 Å². The molecule has 0 radical (unpaired) electrons. The molecule has 0 amide bonds. The molecular weight excluding hydrogens is 352 g/mol. The largest absolute Gasteiger partial charge is 0.396 e. The van der Waals surface area contributed by atoms with E-state index < -0.39 is 0 Å². The summed E-state index contributed by atoms with van der Waals surface area (Å²) in [6.07, 6.45) is 8.36. The average Bonchev–Trinajstić information content (AvgIpc) is 2.90. The number of aromatic nitrogens is 2. The molecule has 1 fully saturated rings. The summed E-state index contributed by atoms with van der Waals surface area (Å²) in [5, 5.41) is 14.1. The predicted molar refractivity (Wildman–Crippen MR) is 97.3 cm³/mol. The van der Waals surface area contributed by atoms with Crippen molar-refractivity contribution in [3.05, 3.63) is 40.5 Å². The minimum atomic E-state index is 0.224. The van der Waals surface area contributed by atoms with E-state index in [0.29, 0.717) is 0 Å². The third-order valence-electron chi connectivity index (χ3n) is 4.77. The van der Waals surface area contributed by atoms with Crippen molar-refractivity contribution in [3.63, 3.8) is 0 Å². The highest BCUT2D eigenvalue weighted by Gasteiger charge is 2.20. The van der Waals surface area contributed by atoms with Gasteiger partial charge in [-0.3, -0.25) is 4.68 Å². The van der Waals surface area contributed by atoms with Gasteiger partial charge < -0.3 is 5.11 Å². The Morgan fingerprint density at radius 3 is 2.57 bits per heavy atom. The van der Waals surface area contributed by atoms with Gasteiger partial charge in [-0.2, -0.15) is 5.10 Å². The average molecular weight is 377 g/mol. The summed E-state index contributed by atoms with van der Waals surface area (Å²) in [6, 6.07) is 10.3. The molecule has 0 spiro atoms. The molecule has 1 aromatic heterocycles. The lowest BCUT2D eigenvalue weighted by Crippen LogP contribution is -2.17. The molecule has 1 aromatic carbocycles. The number of benzene rings is 1. The normalized spacial score (nSPS) is 15.9. The Hall–Kier alpha value is -1.13. The van der Waals surface area contributed by atoms with Gasteiger partial charge in [0.15, 0.2) is 0 Å². The Balaban J connectivity index is 1.89. The maximum atomic E-state index is 9.21. The van der Waals surface area contributed by atoms with Crippen LogP contribution in [0.1, 0.15) is 44.2 Å². The molecule has 3 rings (SSSR count). The monoisotopic (exact) mass is 376 g/mol. The van der Waals surface area contributed by atoms with E-state index in [2.05, 4.69) is 44.9 Å². The Morgan fingerprint density at radius 2 is 1.87 bits per heavy atom. The Labute approximate surface area is 146 Å². The van der Waals surface area contributed by atoms with Crippen LogP contribution in [0.15, 0.2) is 34.8 Å². The molecule has 1 saturated carbocycles. The number of hydrogen-bond donors (Lipinski definition) is 1.